The molecule has 1 atom stereocenters. The van der Waals surface area contributed by atoms with Crippen molar-refractivity contribution in [3.8, 4) is 11.9 Å². The van der Waals surface area contributed by atoms with Crippen molar-refractivity contribution in [3.63, 3.8) is 0 Å². The van der Waals surface area contributed by atoms with E-state index in [-0.39, 0.29) is 5.92 Å². The Morgan fingerprint density at radius 3 is 2.55 bits per heavy atom. The second-order valence-corrected chi connectivity index (χ2v) is 9.31. The SMILES string of the molecule is COC(OC=O)(C1CCNCC1)[n+]1ccc(NC(=NCCCCCCOc2ccc(Cl)cc2)NC#N)cc1. The number of nitrogens with zero attached hydrogens (tertiary/aromatic N) is 3. The number of carbonyl (C=O) groups excluding carboxylic acids is 1. The third-order valence-electron chi connectivity index (χ3n) is 6.40. The summed E-state index contributed by atoms with van der Waals surface area (Å²) in [5, 5.41) is 18.9. The van der Waals surface area contributed by atoms with Crippen LogP contribution in [0.25, 0.3) is 0 Å². The zero-order valence-corrected chi connectivity index (χ0v) is 22.5. The normalized spacial score (nSPS) is 15.7. The monoisotopic (exact) mass is 543 g/mol. The van der Waals surface area contributed by atoms with E-state index in [1.165, 1.54) is 0 Å². The number of piperidine rings is 1. The van der Waals surface area contributed by atoms with Crippen LogP contribution in [0.4, 0.5) is 5.69 Å². The van der Waals surface area contributed by atoms with Gasteiger partial charge in [-0.3, -0.25) is 19.8 Å². The van der Waals surface area contributed by atoms with E-state index in [0.717, 1.165) is 63.1 Å². The molecule has 0 spiro atoms. The zero-order valence-electron chi connectivity index (χ0n) is 21.7. The smallest absolute Gasteiger partial charge is 0.438 e. The van der Waals surface area contributed by atoms with E-state index in [0.29, 0.717) is 30.6 Å². The molecule has 10 nitrogen and oxygen atoms in total. The molecule has 1 saturated heterocycles. The number of unbranched alkanes of at least 4 members (excludes halogenated alkanes) is 3. The van der Waals surface area contributed by atoms with Crippen molar-refractivity contribution in [2.75, 3.05) is 38.7 Å². The Balaban J connectivity index is 1.48. The number of guanidine groups is 1. The number of pyridine rings is 1. The van der Waals surface area contributed by atoms with Crippen LogP contribution in [-0.2, 0) is 20.2 Å². The minimum atomic E-state index is -1.22. The topological polar surface area (TPSA) is 121 Å². The lowest BCUT2D eigenvalue weighted by Gasteiger charge is -2.33. The number of benzene rings is 1. The van der Waals surface area contributed by atoms with E-state index in [9.17, 15) is 4.79 Å². The molecule has 1 aliphatic heterocycles. The van der Waals surface area contributed by atoms with Crippen LogP contribution < -0.4 is 25.3 Å². The fraction of sp³-hybridized carbons (Fsp3) is 0.481. The van der Waals surface area contributed by atoms with Gasteiger partial charge in [0.1, 0.15) is 5.75 Å². The molecule has 38 heavy (non-hydrogen) atoms. The van der Waals surface area contributed by atoms with E-state index in [1.54, 1.807) is 24.1 Å². The van der Waals surface area contributed by atoms with E-state index in [2.05, 4.69) is 20.9 Å². The highest BCUT2D eigenvalue weighted by Gasteiger charge is 2.51. The molecule has 11 heteroatoms. The van der Waals surface area contributed by atoms with Crippen molar-refractivity contribution < 1.29 is 23.6 Å². The number of anilines is 1. The minimum absolute atomic E-state index is 0.00383. The maximum atomic E-state index is 11.3. The summed E-state index contributed by atoms with van der Waals surface area (Å²) in [7, 11) is 1.54. The number of halogens is 1. The highest BCUT2D eigenvalue weighted by atomic mass is 35.5. The summed E-state index contributed by atoms with van der Waals surface area (Å²) in [6, 6.07) is 11.0. The van der Waals surface area contributed by atoms with Gasteiger partial charge in [0.15, 0.2) is 18.6 Å². The van der Waals surface area contributed by atoms with E-state index >= 15 is 0 Å². The Bertz CT molecular complexity index is 1050. The molecule has 3 N–H and O–H groups in total. The molecular weight excluding hydrogens is 508 g/mol. The number of aromatic nitrogens is 1. The summed E-state index contributed by atoms with van der Waals surface area (Å²) in [6.45, 7) is 3.32. The zero-order chi connectivity index (χ0) is 27.1. The quantitative estimate of drug-likeness (QED) is 0.0483. The largest absolute Gasteiger partial charge is 0.494 e. The first-order chi connectivity index (χ1) is 18.6. The van der Waals surface area contributed by atoms with Crippen LogP contribution >= 0.6 is 11.6 Å². The first-order valence-electron chi connectivity index (χ1n) is 12.9. The van der Waals surface area contributed by atoms with Crippen molar-refractivity contribution in [1.82, 2.24) is 10.6 Å². The highest BCUT2D eigenvalue weighted by molar-refractivity contribution is 6.30. The lowest BCUT2D eigenvalue weighted by Crippen LogP contribution is -2.64. The summed E-state index contributed by atoms with van der Waals surface area (Å²) >= 11 is 5.88. The fourth-order valence-corrected chi connectivity index (χ4v) is 4.57. The Morgan fingerprint density at radius 2 is 1.89 bits per heavy atom. The molecule has 0 bridgehead atoms. The number of rotatable bonds is 14. The molecule has 0 aliphatic carbocycles. The Labute approximate surface area is 228 Å². The van der Waals surface area contributed by atoms with Crippen LogP contribution in [0, 0.1) is 17.4 Å². The molecule has 2 heterocycles. The van der Waals surface area contributed by atoms with Gasteiger partial charge >= 0.3 is 5.91 Å². The Hall–Kier alpha value is -3.39. The number of hydrogen-bond donors (Lipinski definition) is 3. The lowest BCUT2D eigenvalue weighted by molar-refractivity contribution is -0.859. The molecule has 0 saturated carbocycles. The van der Waals surface area contributed by atoms with Gasteiger partial charge in [-0.2, -0.15) is 5.26 Å². The lowest BCUT2D eigenvalue weighted by atomic mass is 9.93. The maximum absolute atomic E-state index is 11.3. The first-order valence-corrected chi connectivity index (χ1v) is 13.2. The van der Waals surface area contributed by atoms with Crippen molar-refractivity contribution in [2.24, 2.45) is 10.9 Å². The number of nitrogens with one attached hydrogen (secondary N) is 3. The van der Waals surface area contributed by atoms with Crippen molar-refractivity contribution >= 4 is 29.7 Å². The number of aliphatic imine (C=N–C) groups is 1. The van der Waals surface area contributed by atoms with Crippen LogP contribution in [0.1, 0.15) is 38.5 Å². The number of ether oxygens (including phenoxy) is 3. The molecule has 0 radical (unpaired) electrons. The molecule has 3 rings (SSSR count). The third-order valence-corrected chi connectivity index (χ3v) is 6.65. The molecule has 2 aromatic rings. The van der Waals surface area contributed by atoms with Gasteiger partial charge in [0.2, 0.25) is 5.96 Å². The van der Waals surface area contributed by atoms with Crippen LogP contribution in [0.5, 0.6) is 5.75 Å². The number of hydrogen-bond acceptors (Lipinski definition) is 7. The van der Waals surface area contributed by atoms with Crippen molar-refractivity contribution in [2.45, 2.75) is 44.4 Å². The third kappa shape index (κ3) is 8.58. The summed E-state index contributed by atoms with van der Waals surface area (Å²) in [4.78, 5) is 15.8. The standard InChI is InChI=1S/C27H35ClN6O4/c1-36-27(38-21-35,22-10-15-30-16-11-22)34-17-12-24(13-18-34)33-26(32-20-29)31-14-4-2-3-5-19-37-25-8-6-23(28)7-9-25/h6-9,12-13,17-18,21-22,30H,2-5,10-11,14-16,19H2,1H3,(H,31,32)/p+1. The molecule has 1 unspecified atom stereocenters. The van der Waals surface area contributed by atoms with Crippen LogP contribution in [0.3, 0.4) is 0 Å². The number of nitriles is 1. The average molecular weight is 544 g/mol. The predicted octanol–water partition coefficient (Wildman–Crippen LogP) is 3.53. The van der Waals surface area contributed by atoms with Gasteiger partial charge in [0.05, 0.1) is 18.2 Å². The molecule has 1 aliphatic rings. The highest BCUT2D eigenvalue weighted by Crippen LogP contribution is 2.30. The molecule has 1 aromatic carbocycles. The second-order valence-electron chi connectivity index (χ2n) is 8.88. The van der Waals surface area contributed by atoms with Gasteiger partial charge in [0.25, 0.3) is 6.47 Å². The minimum Gasteiger partial charge on any atom is -0.494 e. The Kier molecular flexibility index (Phi) is 12.1. The van der Waals surface area contributed by atoms with Crippen molar-refractivity contribution in [1.29, 1.82) is 5.26 Å². The molecule has 1 aromatic heterocycles. The van der Waals surface area contributed by atoms with Crippen LogP contribution in [-0.4, -0.2) is 45.8 Å². The average Bonchev–Trinajstić information content (AvgIpc) is 2.95. The number of carbonyl (C=O) groups is 1. The van der Waals surface area contributed by atoms with Crippen LogP contribution in [0.15, 0.2) is 53.8 Å². The van der Waals surface area contributed by atoms with E-state index in [1.807, 2.05) is 42.6 Å². The Morgan fingerprint density at radius 1 is 1.18 bits per heavy atom. The predicted molar refractivity (Wildman–Crippen MR) is 144 cm³/mol. The molecular formula is C27H36ClN6O4+. The van der Waals surface area contributed by atoms with Gasteiger partial charge in [-0.1, -0.05) is 18.0 Å². The molecule has 1 fully saturated rings. The van der Waals surface area contributed by atoms with Gasteiger partial charge in [-0.05, 0) is 69.5 Å². The molecule has 204 valence electrons. The summed E-state index contributed by atoms with van der Waals surface area (Å²) < 4.78 is 18.7. The summed E-state index contributed by atoms with van der Waals surface area (Å²) in [5.41, 5.74) is 0.725. The van der Waals surface area contributed by atoms with E-state index in [4.69, 9.17) is 31.1 Å². The maximum Gasteiger partial charge on any atom is 0.438 e. The fourth-order valence-electron chi connectivity index (χ4n) is 4.44. The van der Waals surface area contributed by atoms with Gasteiger partial charge in [0, 0.05) is 30.8 Å². The number of methoxy groups -OCH3 is 1. The second kappa shape index (κ2) is 15.8. The summed E-state index contributed by atoms with van der Waals surface area (Å²) in [6.07, 6.45) is 11.0. The van der Waals surface area contributed by atoms with Gasteiger partial charge < -0.3 is 20.1 Å². The van der Waals surface area contributed by atoms with E-state index < -0.39 is 5.91 Å². The van der Waals surface area contributed by atoms with Gasteiger partial charge in [-0.25, -0.2) is 0 Å². The summed E-state index contributed by atoms with van der Waals surface area (Å²) in [5.74, 6) is -0.0236. The molecule has 0 amide bonds. The first kappa shape index (κ1) is 29.2. The van der Waals surface area contributed by atoms with Crippen molar-refractivity contribution in [3.05, 3.63) is 53.8 Å². The van der Waals surface area contributed by atoms with Gasteiger partial charge in [-0.15, -0.1) is 4.57 Å². The van der Waals surface area contributed by atoms with Crippen LogP contribution in [0.2, 0.25) is 5.02 Å².